The molecule has 0 fully saturated rings. The number of aliphatic hydroxyl groups is 1. The van der Waals surface area contributed by atoms with Crippen LogP contribution >= 0.6 is 0 Å². The van der Waals surface area contributed by atoms with Crippen molar-refractivity contribution in [3.8, 4) is 0 Å². The number of hydrogen-bond donors (Lipinski definition) is 3. The molecule has 5 heteroatoms. The zero-order valence-corrected chi connectivity index (χ0v) is 6.66. The zero-order chi connectivity index (χ0) is 9.11. The van der Waals surface area contributed by atoms with Crippen LogP contribution in [-0.4, -0.2) is 31.0 Å². The maximum absolute atomic E-state index is 10.1. The van der Waals surface area contributed by atoms with Gasteiger partial charge in [0.05, 0.1) is 6.34 Å². The van der Waals surface area contributed by atoms with Gasteiger partial charge in [0, 0.05) is 20.1 Å². The normalized spacial score (nSPS) is 8.91. The predicted octanol–water partition coefficient (Wildman–Crippen LogP) is -1.15. The zero-order valence-electron chi connectivity index (χ0n) is 6.66. The molecule has 5 nitrogen and oxygen atoms in total. The molecule has 0 atom stereocenters. The maximum atomic E-state index is 10.1. The molecule has 66 valence electrons. The second-order valence-corrected chi connectivity index (χ2v) is 1.63. The molecule has 5 N–H and O–H groups in total. The average molecular weight is 161 g/mol. The van der Waals surface area contributed by atoms with E-state index in [2.05, 4.69) is 4.99 Å². The number of nitrogens with zero attached hydrogens (tertiary/aromatic N) is 1. The van der Waals surface area contributed by atoms with Crippen molar-refractivity contribution in [2.75, 3.05) is 13.7 Å². The minimum Gasteiger partial charge on any atom is -0.400 e. The number of nitrogens with two attached hydrogens (primary N) is 2. The van der Waals surface area contributed by atoms with E-state index in [1.165, 1.54) is 6.34 Å². The Morgan fingerprint density at radius 1 is 1.64 bits per heavy atom. The van der Waals surface area contributed by atoms with Crippen LogP contribution < -0.4 is 11.5 Å². The van der Waals surface area contributed by atoms with Gasteiger partial charge in [-0.15, -0.1) is 0 Å². The summed E-state index contributed by atoms with van der Waals surface area (Å²) >= 11 is 0. The van der Waals surface area contributed by atoms with E-state index in [9.17, 15) is 4.79 Å². The molecule has 0 spiro atoms. The Balaban J connectivity index is 0. The molecule has 0 aromatic carbocycles. The van der Waals surface area contributed by atoms with Crippen LogP contribution in [0.25, 0.3) is 0 Å². The lowest BCUT2D eigenvalue weighted by Crippen LogP contribution is -2.10. The molecule has 0 aliphatic heterocycles. The molecule has 0 saturated carbocycles. The summed E-state index contributed by atoms with van der Waals surface area (Å²) in [6.07, 6.45) is 2.29. The molecule has 0 aliphatic carbocycles. The fourth-order valence-corrected chi connectivity index (χ4v) is 0.419. The van der Waals surface area contributed by atoms with Crippen molar-refractivity contribution >= 4 is 12.2 Å². The lowest BCUT2D eigenvalue weighted by atomic mass is 10.3. The molecule has 1 amide bonds. The minimum atomic E-state index is -0.290. The van der Waals surface area contributed by atoms with E-state index >= 15 is 0 Å². The number of aliphatic hydroxyl groups excluding tert-OH is 1. The standard InChI is InChI=1S/C5H11N3O.CH4O/c6-4-8-3-1-2-5(7)9;1-2/h4H,1-3H2,(H2,6,8)(H2,7,9);2H,1H3. The van der Waals surface area contributed by atoms with Gasteiger partial charge in [0.1, 0.15) is 0 Å². The topological polar surface area (TPSA) is 102 Å². The Bertz CT molecular complexity index is 114. The molecule has 0 saturated heterocycles. The van der Waals surface area contributed by atoms with Crippen molar-refractivity contribution in [3.05, 3.63) is 0 Å². The van der Waals surface area contributed by atoms with Crippen molar-refractivity contribution in [1.29, 1.82) is 0 Å². The van der Waals surface area contributed by atoms with Crippen LogP contribution in [0.15, 0.2) is 4.99 Å². The maximum Gasteiger partial charge on any atom is 0.217 e. The molecular formula is C6H15N3O2. The fraction of sp³-hybridized carbons (Fsp3) is 0.667. The number of rotatable bonds is 4. The third-order valence-corrected chi connectivity index (χ3v) is 0.816. The highest BCUT2D eigenvalue weighted by molar-refractivity contribution is 5.73. The molecule has 0 aromatic heterocycles. The van der Waals surface area contributed by atoms with Crippen LogP contribution in [0.5, 0.6) is 0 Å². The predicted molar refractivity (Wildman–Crippen MR) is 44.1 cm³/mol. The highest BCUT2D eigenvalue weighted by atomic mass is 16.2. The first-order valence-electron chi connectivity index (χ1n) is 3.20. The first-order valence-corrected chi connectivity index (χ1v) is 3.20. The lowest BCUT2D eigenvalue weighted by molar-refractivity contribution is -0.118. The summed E-state index contributed by atoms with van der Waals surface area (Å²) in [6.45, 7) is 0.583. The number of carbonyl (C=O) groups is 1. The van der Waals surface area contributed by atoms with Gasteiger partial charge < -0.3 is 16.6 Å². The SMILES string of the molecule is CO.NC=NCCCC(N)=O. The van der Waals surface area contributed by atoms with Crippen molar-refractivity contribution in [1.82, 2.24) is 0 Å². The van der Waals surface area contributed by atoms with E-state index in [0.29, 0.717) is 19.4 Å². The van der Waals surface area contributed by atoms with E-state index < -0.39 is 0 Å². The van der Waals surface area contributed by atoms with Gasteiger partial charge in [-0.3, -0.25) is 9.79 Å². The Morgan fingerprint density at radius 3 is 2.55 bits per heavy atom. The third kappa shape index (κ3) is 17.6. The van der Waals surface area contributed by atoms with Gasteiger partial charge in [-0.1, -0.05) is 0 Å². The van der Waals surface area contributed by atoms with Crippen molar-refractivity contribution in [2.45, 2.75) is 12.8 Å². The number of carbonyl (C=O) groups excluding carboxylic acids is 1. The van der Waals surface area contributed by atoms with Gasteiger partial charge in [0.15, 0.2) is 0 Å². The molecule has 0 radical (unpaired) electrons. The second-order valence-electron chi connectivity index (χ2n) is 1.63. The minimum absolute atomic E-state index is 0.290. The Kier molecular flexibility index (Phi) is 13.3. The van der Waals surface area contributed by atoms with Crippen LogP contribution in [0.1, 0.15) is 12.8 Å². The number of hydrogen-bond acceptors (Lipinski definition) is 3. The molecule has 0 unspecified atom stereocenters. The summed E-state index contributed by atoms with van der Waals surface area (Å²) < 4.78 is 0. The van der Waals surface area contributed by atoms with Gasteiger partial charge in [0.2, 0.25) is 5.91 Å². The lowest BCUT2D eigenvalue weighted by Gasteiger charge is -1.89. The van der Waals surface area contributed by atoms with E-state index in [1.807, 2.05) is 0 Å². The van der Waals surface area contributed by atoms with E-state index in [4.69, 9.17) is 16.6 Å². The first-order chi connectivity index (χ1) is 5.27. The van der Waals surface area contributed by atoms with E-state index in [-0.39, 0.29) is 5.91 Å². The van der Waals surface area contributed by atoms with Gasteiger partial charge >= 0.3 is 0 Å². The summed E-state index contributed by atoms with van der Waals surface area (Å²) in [5.74, 6) is -0.290. The largest absolute Gasteiger partial charge is 0.400 e. The monoisotopic (exact) mass is 161 g/mol. The molecular weight excluding hydrogens is 146 g/mol. The molecule has 0 rings (SSSR count). The van der Waals surface area contributed by atoms with Crippen LogP contribution in [0.4, 0.5) is 0 Å². The Labute approximate surface area is 66.1 Å². The van der Waals surface area contributed by atoms with Crippen molar-refractivity contribution in [3.63, 3.8) is 0 Å². The third-order valence-electron chi connectivity index (χ3n) is 0.816. The van der Waals surface area contributed by atoms with Crippen LogP contribution in [0, 0.1) is 0 Å². The van der Waals surface area contributed by atoms with E-state index in [0.717, 1.165) is 7.11 Å². The van der Waals surface area contributed by atoms with Crippen molar-refractivity contribution < 1.29 is 9.90 Å². The van der Waals surface area contributed by atoms with Crippen LogP contribution in [0.3, 0.4) is 0 Å². The summed E-state index contributed by atoms with van der Waals surface area (Å²) in [6, 6.07) is 0. The average Bonchev–Trinajstić information content (AvgIpc) is 2.02. The highest BCUT2D eigenvalue weighted by Gasteiger charge is 1.90. The first kappa shape index (κ1) is 12.6. The van der Waals surface area contributed by atoms with Crippen LogP contribution in [0.2, 0.25) is 0 Å². The summed E-state index contributed by atoms with van der Waals surface area (Å²) in [5.41, 5.74) is 9.79. The summed E-state index contributed by atoms with van der Waals surface area (Å²) in [5, 5.41) is 7.00. The molecule has 0 heterocycles. The molecule has 0 aliphatic rings. The molecule has 0 bridgehead atoms. The number of aliphatic imine (C=N–C) groups is 1. The fourth-order valence-electron chi connectivity index (χ4n) is 0.419. The van der Waals surface area contributed by atoms with E-state index in [1.54, 1.807) is 0 Å². The highest BCUT2D eigenvalue weighted by Crippen LogP contribution is 1.85. The number of amides is 1. The van der Waals surface area contributed by atoms with Crippen LogP contribution in [-0.2, 0) is 4.79 Å². The van der Waals surface area contributed by atoms with Crippen molar-refractivity contribution in [2.24, 2.45) is 16.5 Å². The van der Waals surface area contributed by atoms with Gasteiger partial charge in [-0.2, -0.15) is 0 Å². The number of primary amides is 1. The summed E-state index contributed by atoms with van der Waals surface area (Å²) in [4.78, 5) is 13.8. The van der Waals surface area contributed by atoms with Gasteiger partial charge in [0.25, 0.3) is 0 Å². The Morgan fingerprint density at radius 2 is 2.18 bits per heavy atom. The van der Waals surface area contributed by atoms with Gasteiger partial charge in [-0.05, 0) is 6.42 Å². The molecule has 11 heavy (non-hydrogen) atoms. The smallest absolute Gasteiger partial charge is 0.217 e. The second kappa shape index (κ2) is 11.7. The molecule has 0 aromatic rings. The quantitative estimate of drug-likeness (QED) is 0.275. The Hall–Kier alpha value is -1.10. The van der Waals surface area contributed by atoms with Gasteiger partial charge in [-0.25, -0.2) is 0 Å². The summed E-state index contributed by atoms with van der Waals surface area (Å²) in [7, 11) is 1.00.